The van der Waals surface area contributed by atoms with Gasteiger partial charge < -0.3 is 0 Å². The van der Waals surface area contributed by atoms with Crippen LogP contribution in [0.4, 0.5) is 0 Å². The Bertz CT molecular complexity index is 407. The molecule has 0 saturated heterocycles. The molecule has 1 atom stereocenters. The molecule has 0 nitrogen and oxygen atoms in total. The zero-order valence-electron chi connectivity index (χ0n) is 9.77. The van der Waals surface area contributed by atoms with Gasteiger partial charge in [0.2, 0.25) is 0 Å². The summed E-state index contributed by atoms with van der Waals surface area (Å²) in [5.74, 6) is 0.777. The zero-order chi connectivity index (χ0) is 11.2. The third kappa shape index (κ3) is 3.23. The normalized spacial score (nSPS) is 20.8. The van der Waals surface area contributed by atoms with Crippen LogP contribution in [0.5, 0.6) is 0 Å². The number of hydrogen-bond donors (Lipinski definition) is 0. The van der Waals surface area contributed by atoms with Crippen LogP contribution in [0.3, 0.4) is 0 Å². The van der Waals surface area contributed by atoms with Crippen molar-refractivity contribution in [2.24, 2.45) is 5.92 Å². The van der Waals surface area contributed by atoms with E-state index >= 15 is 0 Å². The predicted molar refractivity (Wildman–Crippen MR) is 71.1 cm³/mol. The van der Waals surface area contributed by atoms with Crippen molar-refractivity contribution in [2.45, 2.75) is 19.8 Å². The number of benzene rings is 1. The lowest BCUT2D eigenvalue weighted by Gasteiger charge is -2.00. The van der Waals surface area contributed by atoms with Crippen molar-refractivity contribution in [2.75, 3.05) is 0 Å². The molecular formula is C16H18. The first-order valence-corrected chi connectivity index (χ1v) is 5.94. The van der Waals surface area contributed by atoms with E-state index in [2.05, 4.69) is 61.6 Å². The molecule has 1 unspecified atom stereocenters. The van der Waals surface area contributed by atoms with E-state index in [9.17, 15) is 0 Å². The van der Waals surface area contributed by atoms with Crippen LogP contribution in [-0.2, 0) is 0 Å². The Morgan fingerprint density at radius 1 is 1.06 bits per heavy atom. The first kappa shape index (κ1) is 10.9. The Labute approximate surface area is 98.0 Å². The van der Waals surface area contributed by atoms with Gasteiger partial charge in [0, 0.05) is 0 Å². The predicted octanol–water partition coefficient (Wildman–Crippen LogP) is 4.61. The number of hydrogen-bond acceptors (Lipinski definition) is 0. The molecule has 0 amide bonds. The van der Waals surface area contributed by atoms with Crippen LogP contribution in [0.15, 0.2) is 60.2 Å². The standard InChI is InChI=1S/C16H18/c1-14-6-5-9-16(11-10-14)13-12-15-7-3-2-4-8-15/h2-5,7-9,11-14H,6,10H2,1H3/b13-12+. The van der Waals surface area contributed by atoms with Crippen LogP contribution in [0.1, 0.15) is 25.3 Å². The SMILES string of the molecule is CC1CC=CC(/C=C/c2ccccc2)=CC1. The Morgan fingerprint density at radius 3 is 2.69 bits per heavy atom. The van der Waals surface area contributed by atoms with Crippen LogP contribution < -0.4 is 0 Å². The summed E-state index contributed by atoms with van der Waals surface area (Å²) in [6, 6.07) is 10.4. The molecule has 1 aliphatic carbocycles. The van der Waals surface area contributed by atoms with E-state index in [4.69, 9.17) is 0 Å². The second kappa shape index (κ2) is 5.50. The maximum Gasteiger partial charge on any atom is -0.0256 e. The summed E-state index contributed by atoms with van der Waals surface area (Å²) in [6.45, 7) is 2.30. The minimum Gasteiger partial charge on any atom is -0.0837 e. The van der Waals surface area contributed by atoms with Gasteiger partial charge in [-0.2, -0.15) is 0 Å². The molecular weight excluding hydrogens is 192 g/mol. The van der Waals surface area contributed by atoms with E-state index in [1.165, 1.54) is 24.0 Å². The highest BCUT2D eigenvalue weighted by Crippen LogP contribution is 2.17. The minimum absolute atomic E-state index is 0.777. The number of allylic oxidation sites excluding steroid dienone is 5. The van der Waals surface area contributed by atoms with E-state index in [-0.39, 0.29) is 0 Å². The van der Waals surface area contributed by atoms with Gasteiger partial charge >= 0.3 is 0 Å². The van der Waals surface area contributed by atoms with Crippen molar-refractivity contribution in [3.63, 3.8) is 0 Å². The van der Waals surface area contributed by atoms with Crippen LogP contribution in [0, 0.1) is 5.92 Å². The van der Waals surface area contributed by atoms with Crippen molar-refractivity contribution in [3.05, 3.63) is 65.8 Å². The monoisotopic (exact) mass is 210 g/mol. The smallest absolute Gasteiger partial charge is 0.0256 e. The van der Waals surface area contributed by atoms with Gasteiger partial charge in [-0.3, -0.25) is 0 Å². The fraction of sp³-hybridized carbons (Fsp3) is 0.250. The van der Waals surface area contributed by atoms with Gasteiger partial charge in [-0.05, 0) is 29.9 Å². The molecule has 1 aromatic rings. The van der Waals surface area contributed by atoms with Gasteiger partial charge in [0.1, 0.15) is 0 Å². The molecule has 0 radical (unpaired) electrons. The molecule has 0 heterocycles. The fourth-order valence-corrected chi connectivity index (χ4v) is 1.82. The van der Waals surface area contributed by atoms with Gasteiger partial charge in [0.25, 0.3) is 0 Å². The van der Waals surface area contributed by atoms with E-state index in [0.29, 0.717) is 0 Å². The third-order valence-electron chi connectivity index (χ3n) is 2.87. The van der Waals surface area contributed by atoms with Crippen LogP contribution in [0.2, 0.25) is 0 Å². The summed E-state index contributed by atoms with van der Waals surface area (Å²) < 4.78 is 0. The summed E-state index contributed by atoms with van der Waals surface area (Å²) >= 11 is 0. The maximum absolute atomic E-state index is 2.33. The molecule has 0 spiro atoms. The molecule has 0 bridgehead atoms. The average Bonchev–Trinajstić information content (AvgIpc) is 2.53. The summed E-state index contributed by atoms with van der Waals surface area (Å²) in [5, 5.41) is 0. The number of rotatable bonds is 2. The highest BCUT2D eigenvalue weighted by atomic mass is 14.1. The van der Waals surface area contributed by atoms with Gasteiger partial charge in [0.05, 0.1) is 0 Å². The Hall–Kier alpha value is -1.56. The third-order valence-corrected chi connectivity index (χ3v) is 2.87. The molecule has 0 N–H and O–H groups in total. The second-order valence-corrected chi connectivity index (χ2v) is 4.43. The van der Waals surface area contributed by atoms with Gasteiger partial charge in [-0.25, -0.2) is 0 Å². The summed E-state index contributed by atoms with van der Waals surface area (Å²) in [5.41, 5.74) is 2.59. The lowest BCUT2D eigenvalue weighted by molar-refractivity contribution is 0.606. The lowest BCUT2D eigenvalue weighted by Crippen LogP contribution is -1.87. The van der Waals surface area contributed by atoms with Crippen LogP contribution in [0.25, 0.3) is 6.08 Å². The molecule has 0 fully saturated rings. The van der Waals surface area contributed by atoms with E-state index < -0.39 is 0 Å². The molecule has 0 heteroatoms. The Morgan fingerprint density at radius 2 is 1.88 bits per heavy atom. The Balaban J connectivity index is 2.07. The van der Waals surface area contributed by atoms with Gasteiger partial charge in [-0.15, -0.1) is 0 Å². The maximum atomic E-state index is 2.33. The van der Waals surface area contributed by atoms with E-state index in [0.717, 1.165) is 5.92 Å². The Kier molecular flexibility index (Phi) is 3.76. The molecule has 0 aromatic heterocycles. The van der Waals surface area contributed by atoms with Crippen molar-refractivity contribution < 1.29 is 0 Å². The highest BCUT2D eigenvalue weighted by Gasteiger charge is 2.00. The van der Waals surface area contributed by atoms with Crippen molar-refractivity contribution in [3.8, 4) is 0 Å². The van der Waals surface area contributed by atoms with Crippen molar-refractivity contribution in [1.82, 2.24) is 0 Å². The van der Waals surface area contributed by atoms with Gasteiger partial charge in [0.15, 0.2) is 0 Å². The molecule has 16 heavy (non-hydrogen) atoms. The quantitative estimate of drug-likeness (QED) is 0.668. The second-order valence-electron chi connectivity index (χ2n) is 4.43. The highest BCUT2D eigenvalue weighted by molar-refractivity contribution is 5.54. The molecule has 2 rings (SSSR count). The summed E-state index contributed by atoms with van der Waals surface area (Å²) in [6.07, 6.45) is 13.6. The largest absolute Gasteiger partial charge is 0.0837 e. The molecule has 82 valence electrons. The van der Waals surface area contributed by atoms with E-state index in [1.54, 1.807) is 0 Å². The molecule has 1 aliphatic rings. The summed E-state index contributed by atoms with van der Waals surface area (Å²) in [7, 11) is 0. The van der Waals surface area contributed by atoms with Crippen molar-refractivity contribution >= 4 is 6.08 Å². The van der Waals surface area contributed by atoms with E-state index in [1.807, 2.05) is 6.07 Å². The average molecular weight is 210 g/mol. The summed E-state index contributed by atoms with van der Waals surface area (Å²) in [4.78, 5) is 0. The first-order chi connectivity index (χ1) is 7.84. The topological polar surface area (TPSA) is 0 Å². The van der Waals surface area contributed by atoms with Crippen LogP contribution in [-0.4, -0.2) is 0 Å². The molecule has 0 saturated carbocycles. The minimum atomic E-state index is 0.777. The zero-order valence-corrected chi connectivity index (χ0v) is 9.77. The molecule has 1 aromatic carbocycles. The lowest BCUT2D eigenvalue weighted by atomic mass is 10.1. The van der Waals surface area contributed by atoms with Crippen molar-refractivity contribution in [1.29, 1.82) is 0 Å². The fourth-order valence-electron chi connectivity index (χ4n) is 1.82. The van der Waals surface area contributed by atoms with Gasteiger partial charge in [-0.1, -0.05) is 67.6 Å². The first-order valence-electron chi connectivity index (χ1n) is 5.94. The van der Waals surface area contributed by atoms with Crippen LogP contribution >= 0.6 is 0 Å². The molecule has 0 aliphatic heterocycles.